The molecule has 1 aromatic heterocycles. The summed E-state index contributed by atoms with van der Waals surface area (Å²) in [6.07, 6.45) is -0.537. The molecule has 0 aliphatic heterocycles. The maximum absolute atomic E-state index is 11.4. The highest BCUT2D eigenvalue weighted by atomic mass is 16.6. The first kappa shape index (κ1) is 15.8. The Kier molecular flexibility index (Phi) is 5.32. The number of carbonyl (C=O) groups is 2. The van der Waals surface area contributed by atoms with Gasteiger partial charge >= 0.3 is 11.9 Å². The van der Waals surface area contributed by atoms with Crippen molar-refractivity contribution >= 4 is 11.9 Å². The molecule has 0 saturated carbocycles. The molecule has 0 aliphatic rings. The summed E-state index contributed by atoms with van der Waals surface area (Å²) in [5, 5.41) is 0. The summed E-state index contributed by atoms with van der Waals surface area (Å²) < 4.78 is 15.5. The van der Waals surface area contributed by atoms with Crippen LogP contribution >= 0.6 is 0 Å². The molecule has 1 heterocycles. The Hall–Kier alpha value is -2.30. The van der Waals surface area contributed by atoms with Gasteiger partial charge < -0.3 is 13.9 Å². The summed E-state index contributed by atoms with van der Waals surface area (Å²) in [5.41, 5.74) is 0.638. The predicted octanol–water partition coefficient (Wildman–Crippen LogP) is 3.08. The number of ether oxygens (including phenoxy) is 2. The van der Waals surface area contributed by atoms with Gasteiger partial charge in [-0.15, -0.1) is 0 Å². The lowest BCUT2D eigenvalue weighted by Crippen LogP contribution is -2.08. The molecular weight excluding hydrogens is 260 g/mol. The van der Waals surface area contributed by atoms with Crippen LogP contribution in [-0.4, -0.2) is 11.9 Å². The lowest BCUT2D eigenvalue weighted by Gasteiger charge is -2.10. The van der Waals surface area contributed by atoms with Gasteiger partial charge in [0, 0.05) is 11.1 Å². The molecule has 0 aliphatic carbocycles. The minimum atomic E-state index is -0.537. The quantitative estimate of drug-likeness (QED) is 0.591. The summed E-state index contributed by atoms with van der Waals surface area (Å²) >= 11 is 0. The molecule has 0 saturated heterocycles. The van der Waals surface area contributed by atoms with Gasteiger partial charge in [-0.25, -0.2) is 9.59 Å². The van der Waals surface area contributed by atoms with Crippen LogP contribution in [0.25, 0.3) is 0 Å². The maximum atomic E-state index is 11.4. The van der Waals surface area contributed by atoms with Crippen LogP contribution in [0.3, 0.4) is 0 Å². The third kappa shape index (κ3) is 4.42. The first-order valence-corrected chi connectivity index (χ1v) is 6.09. The van der Waals surface area contributed by atoms with Crippen molar-refractivity contribution in [3.05, 3.63) is 48.0 Å². The van der Waals surface area contributed by atoms with Crippen LogP contribution in [0.4, 0.5) is 0 Å². The van der Waals surface area contributed by atoms with Crippen molar-refractivity contribution < 1.29 is 23.5 Å². The molecule has 0 bridgehead atoms. The van der Waals surface area contributed by atoms with Crippen molar-refractivity contribution in [2.75, 3.05) is 0 Å². The fraction of sp³-hybridized carbons (Fsp3) is 0.333. The van der Waals surface area contributed by atoms with Gasteiger partial charge in [0.15, 0.2) is 6.10 Å². The minimum Gasteiger partial charge on any atom is -0.458 e. The van der Waals surface area contributed by atoms with Crippen molar-refractivity contribution in [1.82, 2.24) is 0 Å². The van der Waals surface area contributed by atoms with E-state index in [1.165, 1.54) is 0 Å². The molecule has 0 N–H and O–H groups in total. The third-order valence-electron chi connectivity index (χ3n) is 2.41. The van der Waals surface area contributed by atoms with E-state index < -0.39 is 18.0 Å². The van der Waals surface area contributed by atoms with Crippen LogP contribution in [0.2, 0.25) is 0 Å². The highest BCUT2D eigenvalue weighted by Gasteiger charge is 2.16. The Labute approximate surface area is 117 Å². The average Bonchev–Trinajstić information content (AvgIpc) is 2.84. The van der Waals surface area contributed by atoms with Gasteiger partial charge in [0.1, 0.15) is 18.1 Å². The number of rotatable bonds is 6. The zero-order valence-corrected chi connectivity index (χ0v) is 11.9. The molecule has 1 unspecified atom stereocenters. The highest BCUT2D eigenvalue weighted by molar-refractivity contribution is 5.87. The third-order valence-corrected chi connectivity index (χ3v) is 2.41. The SMILES string of the molecule is C=C(C)C(=O)OCc1ccc(C(C)OC(=O)C(=C)C)o1. The molecule has 5 heteroatoms. The zero-order chi connectivity index (χ0) is 15.3. The smallest absolute Gasteiger partial charge is 0.333 e. The molecule has 108 valence electrons. The number of furan rings is 1. The molecule has 0 aromatic carbocycles. The minimum absolute atomic E-state index is 0.00679. The van der Waals surface area contributed by atoms with Crippen LogP contribution in [-0.2, 0) is 25.7 Å². The lowest BCUT2D eigenvalue weighted by molar-refractivity contribution is -0.144. The lowest BCUT2D eigenvalue weighted by atomic mass is 10.3. The fourth-order valence-corrected chi connectivity index (χ4v) is 1.27. The number of hydrogen-bond donors (Lipinski definition) is 0. The maximum Gasteiger partial charge on any atom is 0.333 e. The molecule has 20 heavy (non-hydrogen) atoms. The van der Waals surface area contributed by atoms with Gasteiger partial charge in [-0.05, 0) is 32.9 Å². The van der Waals surface area contributed by atoms with Gasteiger partial charge in [0.05, 0.1) is 0 Å². The Morgan fingerprint density at radius 1 is 1.20 bits per heavy atom. The van der Waals surface area contributed by atoms with E-state index in [0.29, 0.717) is 22.7 Å². The standard InChI is InChI=1S/C15H18O5/c1-9(2)14(16)18-8-12-6-7-13(20-12)11(5)19-15(17)10(3)4/h6-7,11H,1,3,8H2,2,4-5H3. The van der Waals surface area contributed by atoms with E-state index >= 15 is 0 Å². The monoisotopic (exact) mass is 278 g/mol. The molecule has 1 atom stereocenters. The van der Waals surface area contributed by atoms with E-state index in [1.807, 2.05) is 0 Å². The average molecular weight is 278 g/mol. The summed E-state index contributed by atoms with van der Waals surface area (Å²) in [6.45, 7) is 11.8. The Bertz CT molecular complexity index is 538. The second-order valence-electron chi connectivity index (χ2n) is 4.49. The first-order chi connectivity index (χ1) is 9.31. The molecule has 0 fully saturated rings. The van der Waals surface area contributed by atoms with Crippen molar-refractivity contribution in [3.63, 3.8) is 0 Å². The van der Waals surface area contributed by atoms with Crippen molar-refractivity contribution in [2.24, 2.45) is 0 Å². The normalized spacial score (nSPS) is 11.6. The summed E-state index contributed by atoms with van der Waals surface area (Å²) in [5.74, 6) is -0.0253. The summed E-state index contributed by atoms with van der Waals surface area (Å²) in [4.78, 5) is 22.6. The molecule has 1 rings (SSSR count). The van der Waals surface area contributed by atoms with Gasteiger partial charge in [0.2, 0.25) is 0 Å². The van der Waals surface area contributed by atoms with Crippen molar-refractivity contribution in [2.45, 2.75) is 33.5 Å². The van der Waals surface area contributed by atoms with Crippen LogP contribution < -0.4 is 0 Å². The Balaban J connectivity index is 2.58. The topological polar surface area (TPSA) is 65.7 Å². The van der Waals surface area contributed by atoms with E-state index in [4.69, 9.17) is 13.9 Å². The number of hydrogen-bond acceptors (Lipinski definition) is 5. The predicted molar refractivity (Wildman–Crippen MR) is 72.6 cm³/mol. The molecule has 0 radical (unpaired) electrons. The highest BCUT2D eigenvalue weighted by Crippen LogP contribution is 2.21. The Morgan fingerprint density at radius 3 is 2.35 bits per heavy atom. The van der Waals surface area contributed by atoms with Crippen LogP contribution in [0.15, 0.2) is 40.9 Å². The van der Waals surface area contributed by atoms with Crippen LogP contribution in [0.1, 0.15) is 38.4 Å². The van der Waals surface area contributed by atoms with Crippen LogP contribution in [0, 0.1) is 0 Å². The molecule has 5 nitrogen and oxygen atoms in total. The van der Waals surface area contributed by atoms with E-state index in [-0.39, 0.29) is 6.61 Å². The van der Waals surface area contributed by atoms with E-state index in [0.717, 1.165) is 0 Å². The molecule has 1 aromatic rings. The van der Waals surface area contributed by atoms with Crippen molar-refractivity contribution in [1.29, 1.82) is 0 Å². The van der Waals surface area contributed by atoms with Gasteiger partial charge in [-0.2, -0.15) is 0 Å². The number of carbonyl (C=O) groups excluding carboxylic acids is 2. The van der Waals surface area contributed by atoms with Gasteiger partial charge in [0.25, 0.3) is 0 Å². The van der Waals surface area contributed by atoms with E-state index in [9.17, 15) is 9.59 Å². The Morgan fingerprint density at radius 2 is 1.80 bits per heavy atom. The van der Waals surface area contributed by atoms with E-state index in [2.05, 4.69) is 13.2 Å². The summed E-state index contributed by atoms with van der Waals surface area (Å²) in [6, 6.07) is 3.33. The second kappa shape index (κ2) is 6.75. The molecule has 0 spiro atoms. The largest absolute Gasteiger partial charge is 0.458 e. The second-order valence-corrected chi connectivity index (χ2v) is 4.49. The summed E-state index contributed by atoms with van der Waals surface area (Å²) in [7, 11) is 0. The molecular formula is C15H18O5. The number of esters is 2. The fourth-order valence-electron chi connectivity index (χ4n) is 1.27. The molecule has 0 amide bonds. The van der Waals surface area contributed by atoms with Gasteiger partial charge in [-0.1, -0.05) is 13.2 Å². The van der Waals surface area contributed by atoms with Gasteiger partial charge in [-0.3, -0.25) is 0 Å². The van der Waals surface area contributed by atoms with E-state index in [1.54, 1.807) is 32.9 Å². The first-order valence-electron chi connectivity index (χ1n) is 6.09. The van der Waals surface area contributed by atoms with Crippen molar-refractivity contribution in [3.8, 4) is 0 Å². The zero-order valence-electron chi connectivity index (χ0n) is 11.9. The van der Waals surface area contributed by atoms with Crippen LogP contribution in [0.5, 0.6) is 0 Å².